The fraction of sp³-hybridized carbons (Fsp3) is 0.421. The molecule has 3 rings (SSSR count). The third kappa shape index (κ3) is 5.22. The molecule has 2 amide bonds. The molecule has 8 nitrogen and oxygen atoms in total. The van der Waals surface area contributed by atoms with E-state index in [9.17, 15) is 18.0 Å². The number of benzene rings is 1. The molecule has 11 heteroatoms. The van der Waals surface area contributed by atoms with Gasteiger partial charge in [0.15, 0.2) is 11.5 Å². The van der Waals surface area contributed by atoms with Crippen LogP contribution in [0.15, 0.2) is 30.6 Å². The molecule has 1 saturated heterocycles. The van der Waals surface area contributed by atoms with E-state index in [1.165, 1.54) is 14.2 Å². The van der Waals surface area contributed by atoms with Gasteiger partial charge in [0.2, 0.25) is 0 Å². The lowest BCUT2D eigenvalue weighted by molar-refractivity contribution is -0.141. The molecule has 1 aromatic heterocycles. The first-order chi connectivity index (χ1) is 14.3. The number of ether oxygens (including phenoxy) is 2. The second-order valence-electron chi connectivity index (χ2n) is 6.69. The van der Waals surface area contributed by atoms with E-state index in [0.29, 0.717) is 43.1 Å². The van der Waals surface area contributed by atoms with Crippen LogP contribution in [-0.4, -0.2) is 54.2 Å². The van der Waals surface area contributed by atoms with Gasteiger partial charge in [0.1, 0.15) is 17.8 Å². The maximum atomic E-state index is 12.8. The van der Waals surface area contributed by atoms with Gasteiger partial charge >= 0.3 is 12.2 Å². The Bertz CT molecular complexity index is 886. The lowest BCUT2D eigenvalue weighted by Gasteiger charge is -2.32. The fourth-order valence-electron chi connectivity index (χ4n) is 3.14. The van der Waals surface area contributed by atoms with E-state index < -0.39 is 11.9 Å². The molecular formula is C19H22F3N5O3. The van der Waals surface area contributed by atoms with E-state index in [0.717, 1.165) is 12.4 Å². The SMILES string of the molecule is COc1ccc(NC(=O)N2CCC(Nc3cc(C(F)(F)F)ncn3)CC2)cc1OC. The van der Waals surface area contributed by atoms with E-state index in [1.54, 1.807) is 23.1 Å². The molecule has 0 bridgehead atoms. The number of amides is 2. The van der Waals surface area contributed by atoms with Crippen LogP contribution >= 0.6 is 0 Å². The molecule has 2 heterocycles. The van der Waals surface area contributed by atoms with Crippen molar-refractivity contribution in [1.82, 2.24) is 14.9 Å². The van der Waals surface area contributed by atoms with Gasteiger partial charge in [-0.1, -0.05) is 0 Å². The summed E-state index contributed by atoms with van der Waals surface area (Å²) >= 11 is 0. The average molecular weight is 425 g/mol. The Labute approximate surface area is 171 Å². The van der Waals surface area contributed by atoms with Gasteiger partial charge in [-0.25, -0.2) is 14.8 Å². The van der Waals surface area contributed by atoms with Crippen molar-refractivity contribution in [2.75, 3.05) is 37.9 Å². The first-order valence-electron chi connectivity index (χ1n) is 9.24. The Morgan fingerprint density at radius 3 is 2.43 bits per heavy atom. The zero-order valence-corrected chi connectivity index (χ0v) is 16.5. The molecule has 0 radical (unpaired) electrons. The maximum absolute atomic E-state index is 12.8. The summed E-state index contributed by atoms with van der Waals surface area (Å²) in [6.45, 7) is 0.905. The van der Waals surface area contributed by atoms with Crippen LogP contribution in [0, 0.1) is 0 Å². The molecule has 162 valence electrons. The van der Waals surface area contributed by atoms with Gasteiger partial charge < -0.3 is 25.0 Å². The van der Waals surface area contributed by atoms with Crippen molar-refractivity contribution in [1.29, 1.82) is 0 Å². The van der Waals surface area contributed by atoms with E-state index in [2.05, 4.69) is 20.6 Å². The number of hydrogen-bond acceptors (Lipinski definition) is 6. The number of likely N-dealkylation sites (tertiary alicyclic amines) is 1. The van der Waals surface area contributed by atoms with Gasteiger partial charge in [-0.3, -0.25) is 0 Å². The van der Waals surface area contributed by atoms with E-state index >= 15 is 0 Å². The minimum atomic E-state index is -4.52. The number of urea groups is 1. The summed E-state index contributed by atoms with van der Waals surface area (Å²) in [5.41, 5.74) is -0.426. The summed E-state index contributed by atoms with van der Waals surface area (Å²) in [6.07, 6.45) is -2.49. The molecule has 30 heavy (non-hydrogen) atoms. The highest BCUT2D eigenvalue weighted by Crippen LogP contribution is 2.30. The number of piperidine rings is 1. The van der Waals surface area contributed by atoms with Gasteiger partial charge in [0.25, 0.3) is 0 Å². The number of nitrogens with zero attached hydrogens (tertiary/aromatic N) is 3. The molecule has 0 spiro atoms. The van der Waals surface area contributed by atoms with Crippen molar-refractivity contribution in [2.24, 2.45) is 0 Å². The van der Waals surface area contributed by atoms with Gasteiger partial charge in [-0.15, -0.1) is 0 Å². The second kappa shape index (κ2) is 9.06. The third-order valence-electron chi connectivity index (χ3n) is 4.73. The molecule has 0 unspecified atom stereocenters. The van der Waals surface area contributed by atoms with Gasteiger partial charge in [0, 0.05) is 37.0 Å². The summed E-state index contributed by atoms with van der Waals surface area (Å²) in [5, 5.41) is 5.80. The number of carbonyl (C=O) groups excluding carboxylic acids is 1. The van der Waals surface area contributed by atoms with Crippen LogP contribution in [0.5, 0.6) is 11.5 Å². The Balaban J connectivity index is 1.53. The standard InChI is InChI=1S/C19H22F3N5O3/c1-29-14-4-3-13(9-15(14)30-2)26-18(28)27-7-5-12(6-8-27)25-17-10-16(19(20,21)22)23-11-24-17/h3-4,9-12H,5-8H2,1-2H3,(H,26,28)(H,23,24,25). The van der Waals surface area contributed by atoms with Crippen LogP contribution in [-0.2, 0) is 6.18 Å². The molecule has 1 fully saturated rings. The molecule has 2 N–H and O–H groups in total. The van der Waals surface area contributed by atoms with Crippen molar-refractivity contribution >= 4 is 17.5 Å². The predicted octanol–water partition coefficient (Wildman–Crippen LogP) is 3.62. The predicted molar refractivity (Wildman–Crippen MR) is 104 cm³/mol. The number of rotatable bonds is 5. The van der Waals surface area contributed by atoms with Crippen molar-refractivity contribution in [3.8, 4) is 11.5 Å². The first kappa shape index (κ1) is 21.5. The summed E-state index contributed by atoms with van der Waals surface area (Å²) in [6, 6.07) is 5.60. The number of halogens is 3. The molecule has 1 aliphatic heterocycles. The quantitative estimate of drug-likeness (QED) is 0.761. The third-order valence-corrected chi connectivity index (χ3v) is 4.73. The fourth-order valence-corrected chi connectivity index (χ4v) is 3.14. The number of anilines is 2. The van der Waals surface area contributed by atoms with Crippen molar-refractivity contribution < 1.29 is 27.4 Å². The number of carbonyl (C=O) groups is 1. The molecule has 0 atom stereocenters. The number of nitrogens with one attached hydrogen (secondary N) is 2. The Morgan fingerprint density at radius 1 is 1.10 bits per heavy atom. The summed E-state index contributed by atoms with van der Waals surface area (Å²) in [4.78, 5) is 21.3. The van der Waals surface area contributed by atoms with Crippen molar-refractivity contribution in [2.45, 2.75) is 25.1 Å². The Morgan fingerprint density at radius 2 is 1.80 bits per heavy atom. The highest BCUT2D eigenvalue weighted by atomic mass is 19.4. The van der Waals surface area contributed by atoms with E-state index in [4.69, 9.17) is 9.47 Å². The zero-order chi connectivity index (χ0) is 21.7. The van der Waals surface area contributed by atoms with Crippen LogP contribution in [0.2, 0.25) is 0 Å². The Kier molecular flexibility index (Phi) is 6.48. The van der Waals surface area contributed by atoms with Gasteiger partial charge in [-0.05, 0) is 25.0 Å². The maximum Gasteiger partial charge on any atom is 0.433 e. The molecule has 2 aromatic rings. The van der Waals surface area contributed by atoms with Crippen LogP contribution in [0.4, 0.5) is 29.5 Å². The minimum absolute atomic E-state index is 0.0916. The van der Waals surface area contributed by atoms with Crippen LogP contribution < -0.4 is 20.1 Å². The average Bonchev–Trinajstić information content (AvgIpc) is 2.73. The topological polar surface area (TPSA) is 88.6 Å². The zero-order valence-electron chi connectivity index (χ0n) is 16.5. The molecule has 0 aliphatic carbocycles. The number of aromatic nitrogens is 2. The summed E-state index contributed by atoms with van der Waals surface area (Å²) in [5.74, 6) is 1.17. The molecular weight excluding hydrogens is 403 g/mol. The van der Waals surface area contributed by atoms with Gasteiger partial charge in [-0.2, -0.15) is 13.2 Å². The largest absolute Gasteiger partial charge is 0.493 e. The van der Waals surface area contributed by atoms with Crippen LogP contribution in [0.1, 0.15) is 18.5 Å². The number of alkyl halides is 3. The molecule has 0 saturated carbocycles. The Hall–Kier alpha value is -3.24. The lowest BCUT2D eigenvalue weighted by Crippen LogP contribution is -2.44. The smallest absolute Gasteiger partial charge is 0.433 e. The minimum Gasteiger partial charge on any atom is -0.493 e. The van der Waals surface area contributed by atoms with E-state index in [1.807, 2.05) is 0 Å². The molecule has 1 aromatic carbocycles. The van der Waals surface area contributed by atoms with Crippen molar-refractivity contribution in [3.63, 3.8) is 0 Å². The summed E-state index contributed by atoms with van der Waals surface area (Å²) in [7, 11) is 3.04. The monoisotopic (exact) mass is 425 g/mol. The first-order valence-corrected chi connectivity index (χ1v) is 9.24. The highest BCUT2D eigenvalue weighted by Gasteiger charge is 2.33. The highest BCUT2D eigenvalue weighted by molar-refractivity contribution is 5.89. The normalized spacial score (nSPS) is 14.9. The van der Waals surface area contributed by atoms with Gasteiger partial charge in [0.05, 0.1) is 14.2 Å². The molecule has 1 aliphatic rings. The number of hydrogen-bond donors (Lipinski definition) is 2. The van der Waals surface area contributed by atoms with Crippen LogP contribution in [0.3, 0.4) is 0 Å². The summed E-state index contributed by atoms with van der Waals surface area (Å²) < 4.78 is 48.7. The second-order valence-corrected chi connectivity index (χ2v) is 6.69. The van der Waals surface area contributed by atoms with Crippen molar-refractivity contribution in [3.05, 3.63) is 36.3 Å². The lowest BCUT2D eigenvalue weighted by atomic mass is 10.1. The van der Waals surface area contributed by atoms with E-state index in [-0.39, 0.29) is 17.9 Å². The number of methoxy groups -OCH3 is 2. The van der Waals surface area contributed by atoms with Crippen LogP contribution in [0.25, 0.3) is 0 Å².